The summed E-state index contributed by atoms with van der Waals surface area (Å²) in [6, 6.07) is 7.16. The zero-order valence-corrected chi connectivity index (χ0v) is 14.7. The number of nitrogens with zero attached hydrogens (tertiary/aromatic N) is 1. The molecule has 132 valence electrons. The maximum Gasteiger partial charge on any atom is 0.312 e. The second-order valence-electron chi connectivity index (χ2n) is 6.83. The molecule has 3 aliphatic rings. The van der Waals surface area contributed by atoms with Gasteiger partial charge in [-0.05, 0) is 24.6 Å². The summed E-state index contributed by atoms with van der Waals surface area (Å²) in [5.41, 5.74) is -0.0155. The number of benzene rings is 1. The van der Waals surface area contributed by atoms with E-state index in [9.17, 15) is 9.59 Å². The highest BCUT2D eigenvalue weighted by atomic mass is 35.5. The molecule has 0 unspecified atom stereocenters. The van der Waals surface area contributed by atoms with Gasteiger partial charge in [-0.15, -0.1) is 0 Å². The number of rotatable bonds is 5. The molecular weight excluding hydrogens is 342 g/mol. The largest absolute Gasteiger partial charge is 0.465 e. The number of halogens is 1. The third kappa shape index (κ3) is 2.57. The maximum absolute atomic E-state index is 13.1. The van der Waals surface area contributed by atoms with E-state index in [0.717, 1.165) is 18.5 Å². The molecule has 1 aromatic rings. The molecule has 1 aromatic carbocycles. The van der Waals surface area contributed by atoms with Gasteiger partial charge in [-0.25, -0.2) is 0 Å². The number of amides is 1. The van der Waals surface area contributed by atoms with Crippen molar-refractivity contribution >= 4 is 29.2 Å². The lowest BCUT2D eigenvalue weighted by Crippen LogP contribution is -2.40. The fraction of sp³-hybridized carbons (Fsp3) is 0.474. The number of hydrogen-bond acceptors (Lipinski definition) is 4. The van der Waals surface area contributed by atoms with Gasteiger partial charge in [-0.3, -0.25) is 9.59 Å². The minimum atomic E-state index is -0.738. The minimum absolute atomic E-state index is 0.105. The predicted molar refractivity (Wildman–Crippen MR) is 93.4 cm³/mol. The first-order valence-corrected chi connectivity index (χ1v) is 9.04. The van der Waals surface area contributed by atoms with Crippen LogP contribution in [0.2, 0.25) is 5.02 Å². The molecule has 1 amide bonds. The van der Waals surface area contributed by atoms with Gasteiger partial charge in [-0.1, -0.05) is 43.2 Å². The molecule has 2 fully saturated rings. The molecular formula is C19H20ClNO4. The lowest BCUT2D eigenvalue weighted by molar-refractivity contribution is -0.152. The third-order valence-electron chi connectivity index (χ3n) is 5.23. The second-order valence-corrected chi connectivity index (χ2v) is 7.26. The Hall–Kier alpha value is -1.85. The van der Waals surface area contributed by atoms with Crippen LogP contribution in [-0.4, -0.2) is 36.7 Å². The fourth-order valence-electron chi connectivity index (χ4n) is 4.04. The van der Waals surface area contributed by atoms with Crippen LogP contribution in [0, 0.1) is 11.8 Å². The van der Waals surface area contributed by atoms with E-state index in [1.165, 1.54) is 0 Å². The van der Waals surface area contributed by atoms with Crippen LogP contribution >= 0.6 is 11.6 Å². The molecule has 0 aromatic heterocycles. The number of ether oxygens (including phenoxy) is 2. The molecule has 6 heteroatoms. The SMILES string of the molecule is CCCCOC(=O)[C@@H]1[C@@H]2C=C[C@]3(CN(c4cccc(Cl)c4)C(=O)[C@H]13)O2. The van der Waals surface area contributed by atoms with E-state index in [-0.39, 0.29) is 18.0 Å². The molecule has 25 heavy (non-hydrogen) atoms. The van der Waals surface area contributed by atoms with Crippen LogP contribution in [0.25, 0.3) is 0 Å². The lowest BCUT2D eigenvalue weighted by atomic mass is 9.77. The first kappa shape index (κ1) is 16.6. The van der Waals surface area contributed by atoms with Crippen molar-refractivity contribution in [3.05, 3.63) is 41.4 Å². The smallest absolute Gasteiger partial charge is 0.312 e. The summed E-state index contributed by atoms with van der Waals surface area (Å²) in [4.78, 5) is 27.3. The van der Waals surface area contributed by atoms with Crippen molar-refractivity contribution in [2.24, 2.45) is 11.8 Å². The molecule has 4 rings (SSSR count). The van der Waals surface area contributed by atoms with Gasteiger partial charge in [0.15, 0.2) is 0 Å². The summed E-state index contributed by atoms with van der Waals surface area (Å²) in [5.74, 6) is -1.54. The summed E-state index contributed by atoms with van der Waals surface area (Å²) in [7, 11) is 0. The summed E-state index contributed by atoms with van der Waals surface area (Å²) in [5, 5.41) is 0.566. The number of carbonyl (C=O) groups excluding carboxylic acids is 2. The van der Waals surface area contributed by atoms with E-state index < -0.39 is 17.4 Å². The Bertz CT molecular complexity index is 749. The lowest BCUT2D eigenvalue weighted by Gasteiger charge is -2.22. The van der Waals surface area contributed by atoms with E-state index in [2.05, 4.69) is 0 Å². The van der Waals surface area contributed by atoms with Crippen LogP contribution in [0.15, 0.2) is 36.4 Å². The standard InChI is InChI=1S/C19H20ClNO4/c1-2-3-9-24-18(23)15-14-7-8-19(25-14)11-21(17(22)16(15)19)13-6-4-5-12(20)10-13/h4-8,10,14-16H,2-3,9,11H2,1H3/t14-,15+,16-,19+/m0/s1. The second kappa shape index (κ2) is 6.15. The Morgan fingerprint density at radius 2 is 2.32 bits per heavy atom. The van der Waals surface area contributed by atoms with Crippen molar-refractivity contribution in [1.82, 2.24) is 0 Å². The monoisotopic (exact) mass is 361 g/mol. The molecule has 2 saturated heterocycles. The highest BCUT2D eigenvalue weighted by Crippen LogP contribution is 2.53. The van der Waals surface area contributed by atoms with Gasteiger partial charge in [0.2, 0.25) is 5.91 Å². The number of esters is 1. The van der Waals surface area contributed by atoms with Crippen molar-refractivity contribution in [3.8, 4) is 0 Å². The van der Waals surface area contributed by atoms with Gasteiger partial charge in [0.05, 0.1) is 25.2 Å². The number of carbonyl (C=O) groups is 2. The minimum Gasteiger partial charge on any atom is -0.465 e. The fourth-order valence-corrected chi connectivity index (χ4v) is 4.23. The first-order chi connectivity index (χ1) is 12.1. The van der Waals surface area contributed by atoms with Crippen molar-refractivity contribution in [2.75, 3.05) is 18.1 Å². The summed E-state index contributed by atoms with van der Waals surface area (Å²) >= 11 is 6.06. The molecule has 4 atom stereocenters. The Labute approximate surface area is 151 Å². The quantitative estimate of drug-likeness (QED) is 0.459. The Kier molecular flexibility index (Phi) is 4.08. The summed E-state index contributed by atoms with van der Waals surface area (Å²) in [6.07, 6.45) is 5.22. The first-order valence-electron chi connectivity index (χ1n) is 8.66. The van der Waals surface area contributed by atoms with E-state index in [1.54, 1.807) is 23.1 Å². The van der Waals surface area contributed by atoms with E-state index in [1.807, 2.05) is 25.1 Å². The number of unbranched alkanes of at least 4 members (excludes halogenated alkanes) is 1. The molecule has 3 heterocycles. The Balaban J connectivity index is 1.60. The number of hydrogen-bond donors (Lipinski definition) is 0. The van der Waals surface area contributed by atoms with Gasteiger partial charge >= 0.3 is 5.97 Å². The van der Waals surface area contributed by atoms with Gasteiger partial charge in [0.1, 0.15) is 11.5 Å². The normalized spacial score (nSPS) is 32.3. The van der Waals surface area contributed by atoms with Crippen molar-refractivity contribution in [2.45, 2.75) is 31.5 Å². The molecule has 0 N–H and O–H groups in total. The molecule has 0 saturated carbocycles. The van der Waals surface area contributed by atoms with E-state index in [4.69, 9.17) is 21.1 Å². The van der Waals surface area contributed by atoms with Crippen LogP contribution in [-0.2, 0) is 19.1 Å². The highest BCUT2D eigenvalue weighted by Gasteiger charge is 2.67. The topological polar surface area (TPSA) is 55.8 Å². The van der Waals surface area contributed by atoms with Crippen LogP contribution in [0.4, 0.5) is 5.69 Å². The zero-order chi connectivity index (χ0) is 17.6. The van der Waals surface area contributed by atoms with Gasteiger partial charge in [0, 0.05) is 10.7 Å². The predicted octanol–water partition coefficient (Wildman–Crippen LogP) is 2.97. The summed E-state index contributed by atoms with van der Waals surface area (Å²) in [6.45, 7) is 2.81. The average molecular weight is 362 g/mol. The van der Waals surface area contributed by atoms with Crippen LogP contribution in [0.3, 0.4) is 0 Å². The molecule has 0 radical (unpaired) electrons. The molecule has 3 aliphatic heterocycles. The van der Waals surface area contributed by atoms with Gasteiger partial charge < -0.3 is 14.4 Å². The number of anilines is 1. The average Bonchev–Trinajstić information content (AvgIpc) is 3.23. The maximum atomic E-state index is 13.1. The van der Waals surface area contributed by atoms with Crippen LogP contribution in [0.1, 0.15) is 19.8 Å². The molecule has 1 spiro atoms. The zero-order valence-electron chi connectivity index (χ0n) is 14.0. The van der Waals surface area contributed by atoms with Crippen molar-refractivity contribution < 1.29 is 19.1 Å². The highest BCUT2D eigenvalue weighted by molar-refractivity contribution is 6.31. The van der Waals surface area contributed by atoms with Crippen LogP contribution < -0.4 is 4.90 Å². The van der Waals surface area contributed by atoms with Crippen molar-refractivity contribution in [3.63, 3.8) is 0 Å². The third-order valence-corrected chi connectivity index (χ3v) is 5.47. The van der Waals surface area contributed by atoms with E-state index in [0.29, 0.717) is 18.2 Å². The summed E-state index contributed by atoms with van der Waals surface area (Å²) < 4.78 is 11.5. The van der Waals surface area contributed by atoms with Crippen LogP contribution in [0.5, 0.6) is 0 Å². The van der Waals surface area contributed by atoms with Gasteiger partial charge in [-0.2, -0.15) is 0 Å². The van der Waals surface area contributed by atoms with E-state index >= 15 is 0 Å². The van der Waals surface area contributed by atoms with Gasteiger partial charge in [0.25, 0.3) is 0 Å². The number of fused-ring (bicyclic) bond motifs is 1. The molecule has 2 bridgehead atoms. The molecule has 0 aliphatic carbocycles. The Morgan fingerprint density at radius 1 is 1.48 bits per heavy atom. The van der Waals surface area contributed by atoms with Crippen molar-refractivity contribution in [1.29, 1.82) is 0 Å². The Morgan fingerprint density at radius 3 is 3.08 bits per heavy atom. The molecule has 5 nitrogen and oxygen atoms in total.